The van der Waals surface area contributed by atoms with Crippen molar-refractivity contribution in [3.63, 3.8) is 0 Å². The Balaban J connectivity index is 0. The average molecular weight is 353 g/mol. The molecule has 0 aromatic rings. The van der Waals surface area contributed by atoms with Crippen LogP contribution in [0.25, 0.3) is 0 Å². The van der Waals surface area contributed by atoms with E-state index in [2.05, 4.69) is 34.6 Å². The zero-order chi connectivity index (χ0) is 11.5. The standard InChI is InChI=1S/C10H20.CH3.3ClH.Zr/c1-6-7(2)9(4)10(5)8(6)3;;;;;/h6-10H,1-5H3;1H3;3*1H;/q;-1;;;;+3/p-3. The van der Waals surface area contributed by atoms with E-state index in [-0.39, 0.29) is 7.43 Å². The van der Waals surface area contributed by atoms with E-state index in [1.54, 1.807) is 0 Å². The summed E-state index contributed by atoms with van der Waals surface area (Å²) in [5.74, 6) is 4.68. The molecule has 4 heteroatoms. The Morgan fingerprint density at radius 1 is 0.600 bits per heavy atom. The Morgan fingerprint density at radius 2 is 0.667 bits per heavy atom. The summed E-state index contributed by atoms with van der Waals surface area (Å²) < 4.78 is 0. The summed E-state index contributed by atoms with van der Waals surface area (Å²) in [6.45, 7) is 12.0. The molecule has 1 aliphatic rings. The molecule has 0 amide bonds. The molecule has 0 N–H and O–H groups in total. The molecule has 1 saturated carbocycles. The van der Waals surface area contributed by atoms with Crippen LogP contribution in [0.4, 0.5) is 0 Å². The van der Waals surface area contributed by atoms with Gasteiger partial charge in [-0.1, -0.05) is 34.6 Å². The summed E-state index contributed by atoms with van der Waals surface area (Å²) >= 11 is -2.13. The average Bonchev–Trinajstić information content (AvgIpc) is 2.23. The molecule has 0 heterocycles. The van der Waals surface area contributed by atoms with E-state index >= 15 is 0 Å². The SMILES string of the molecule is CC1C(C)C(C)C(C)C1C.[CH3-].[Cl][Zr]([Cl])[Cl]. The third-order valence-electron chi connectivity index (χ3n) is 4.15. The van der Waals surface area contributed by atoms with Crippen molar-refractivity contribution in [3.8, 4) is 0 Å². The summed E-state index contributed by atoms with van der Waals surface area (Å²) in [5.41, 5.74) is 0. The molecular formula is C11H23Cl3Zr-. The molecule has 93 valence electrons. The van der Waals surface area contributed by atoms with E-state index in [0.717, 1.165) is 29.6 Å². The molecule has 1 aliphatic carbocycles. The van der Waals surface area contributed by atoms with Crippen LogP contribution in [0, 0.1) is 37.0 Å². The van der Waals surface area contributed by atoms with Crippen molar-refractivity contribution in [2.24, 2.45) is 29.6 Å². The predicted octanol–water partition coefficient (Wildman–Crippen LogP) is 5.70. The molecule has 0 unspecified atom stereocenters. The van der Waals surface area contributed by atoms with Crippen molar-refractivity contribution >= 4 is 25.5 Å². The monoisotopic (exact) mass is 350 g/mol. The van der Waals surface area contributed by atoms with Gasteiger partial charge in [0.2, 0.25) is 0 Å². The third kappa shape index (κ3) is 6.30. The molecule has 0 aliphatic heterocycles. The fourth-order valence-electron chi connectivity index (χ4n) is 2.39. The Kier molecular flexibility index (Phi) is 11.2. The first kappa shape index (κ1) is 19.1. The quantitative estimate of drug-likeness (QED) is 0.491. The van der Waals surface area contributed by atoms with E-state index in [4.69, 9.17) is 25.5 Å². The Morgan fingerprint density at radius 3 is 0.733 bits per heavy atom. The molecule has 0 spiro atoms. The zero-order valence-electron chi connectivity index (χ0n) is 10.5. The van der Waals surface area contributed by atoms with E-state index in [1.165, 1.54) is 0 Å². The maximum atomic E-state index is 5.00. The van der Waals surface area contributed by atoms with Crippen molar-refractivity contribution in [2.45, 2.75) is 34.6 Å². The second-order valence-corrected chi connectivity index (χ2v) is 15.7. The summed E-state index contributed by atoms with van der Waals surface area (Å²) in [4.78, 5) is 0. The van der Waals surface area contributed by atoms with Crippen molar-refractivity contribution in [1.29, 1.82) is 0 Å². The van der Waals surface area contributed by atoms with Crippen molar-refractivity contribution in [2.75, 3.05) is 0 Å². The van der Waals surface area contributed by atoms with Crippen LogP contribution in [0.2, 0.25) is 0 Å². The number of rotatable bonds is 0. The normalized spacial score (nSPS) is 38.8. The van der Waals surface area contributed by atoms with Crippen LogP contribution in [0.3, 0.4) is 0 Å². The van der Waals surface area contributed by atoms with Crippen LogP contribution in [0.15, 0.2) is 0 Å². The topological polar surface area (TPSA) is 0 Å². The first-order valence-corrected chi connectivity index (χ1v) is 14.6. The maximum absolute atomic E-state index is 5.00. The molecule has 1 fully saturated rings. The minimum atomic E-state index is -2.13. The van der Waals surface area contributed by atoms with Crippen LogP contribution in [-0.2, 0) is 18.2 Å². The van der Waals surface area contributed by atoms with Gasteiger partial charge in [0.15, 0.2) is 0 Å². The molecular weight excluding hydrogens is 330 g/mol. The third-order valence-corrected chi connectivity index (χ3v) is 4.15. The summed E-state index contributed by atoms with van der Waals surface area (Å²) in [7, 11) is 15.0. The second-order valence-electron chi connectivity index (χ2n) is 4.51. The van der Waals surface area contributed by atoms with Gasteiger partial charge in [0.05, 0.1) is 0 Å². The van der Waals surface area contributed by atoms with Gasteiger partial charge in [-0.25, -0.2) is 0 Å². The fraction of sp³-hybridized carbons (Fsp3) is 0.909. The summed E-state index contributed by atoms with van der Waals surface area (Å²) in [6, 6.07) is 0. The molecule has 0 bridgehead atoms. The van der Waals surface area contributed by atoms with Crippen molar-refractivity contribution < 1.29 is 18.2 Å². The van der Waals surface area contributed by atoms with Crippen molar-refractivity contribution in [1.82, 2.24) is 0 Å². The molecule has 0 radical (unpaired) electrons. The number of hydrogen-bond acceptors (Lipinski definition) is 0. The van der Waals surface area contributed by atoms with Gasteiger partial charge in [0, 0.05) is 0 Å². The summed E-state index contributed by atoms with van der Waals surface area (Å²) in [5, 5.41) is 0. The van der Waals surface area contributed by atoms with Crippen molar-refractivity contribution in [3.05, 3.63) is 7.43 Å². The molecule has 0 aromatic carbocycles. The van der Waals surface area contributed by atoms with Gasteiger partial charge in [-0.3, -0.25) is 0 Å². The van der Waals surface area contributed by atoms with Gasteiger partial charge in [-0.2, -0.15) is 0 Å². The molecule has 0 atom stereocenters. The van der Waals surface area contributed by atoms with Gasteiger partial charge in [-0.15, -0.1) is 0 Å². The van der Waals surface area contributed by atoms with Crippen LogP contribution in [0.1, 0.15) is 34.6 Å². The molecule has 0 saturated heterocycles. The van der Waals surface area contributed by atoms with E-state index in [1.807, 2.05) is 0 Å². The van der Waals surface area contributed by atoms with E-state index < -0.39 is 18.2 Å². The number of hydrogen-bond donors (Lipinski definition) is 0. The Hall–Kier alpha value is 1.75. The molecule has 15 heavy (non-hydrogen) atoms. The van der Waals surface area contributed by atoms with Crippen LogP contribution in [0.5, 0.6) is 0 Å². The summed E-state index contributed by atoms with van der Waals surface area (Å²) in [6.07, 6.45) is 0. The minimum absolute atomic E-state index is 0. The first-order chi connectivity index (χ1) is 6.29. The predicted molar refractivity (Wildman–Crippen MR) is 69.8 cm³/mol. The molecule has 0 aromatic heterocycles. The van der Waals surface area contributed by atoms with Crippen LogP contribution < -0.4 is 0 Å². The van der Waals surface area contributed by atoms with Gasteiger partial charge in [-0.05, 0) is 29.6 Å². The fourth-order valence-corrected chi connectivity index (χ4v) is 2.39. The second kappa shape index (κ2) is 8.79. The van der Waals surface area contributed by atoms with Gasteiger partial charge in [0.1, 0.15) is 0 Å². The Labute approximate surface area is 114 Å². The van der Waals surface area contributed by atoms with Crippen LogP contribution >= 0.6 is 25.5 Å². The first-order valence-electron chi connectivity index (χ1n) is 5.12. The Bertz CT molecular complexity index is 116. The van der Waals surface area contributed by atoms with Gasteiger partial charge in [0.25, 0.3) is 0 Å². The van der Waals surface area contributed by atoms with Gasteiger partial charge < -0.3 is 7.43 Å². The molecule has 0 nitrogen and oxygen atoms in total. The van der Waals surface area contributed by atoms with E-state index in [9.17, 15) is 0 Å². The molecule has 1 rings (SSSR count). The zero-order valence-corrected chi connectivity index (χ0v) is 15.2. The van der Waals surface area contributed by atoms with Gasteiger partial charge >= 0.3 is 43.7 Å². The van der Waals surface area contributed by atoms with E-state index in [0.29, 0.717) is 0 Å². The van der Waals surface area contributed by atoms with Crippen LogP contribution in [-0.4, -0.2) is 0 Å². The number of halogens is 3.